The summed E-state index contributed by atoms with van der Waals surface area (Å²) in [6.45, 7) is 0. The van der Waals surface area contributed by atoms with Crippen molar-refractivity contribution in [1.29, 1.82) is 0 Å². The number of ether oxygens (including phenoxy) is 2. The molecular formula is C13H7F5O2. The zero-order chi connectivity index (χ0) is 14.9. The molecule has 0 amide bonds. The first-order valence-electron chi connectivity index (χ1n) is 5.29. The first-order chi connectivity index (χ1) is 9.45. The summed E-state index contributed by atoms with van der Waals surface area (Å²) in [6.07, 6.45) is 0. The Labute approximate surface area is 110 Å². The molecule has 0 saturated heterocycles. The maximum absolute atomic E-state index is 13.4. The van der Waals surface area contributed by atoms with Crippen LogP contribution in [-0.4, -0.2) is 7.11 Å². The summed E-state index contributed by atoms with van der Waals surface area (Å²) in [5, 5.41) is 0. The van der Waals surface area contributed by atoms with Gasteiger partial charge in [-0.05, 0) is 24.3 Å². The van der Waals surface area contributed by atoms with Crippen molar-refractivity contribution in [3.05, 3.63) is 53.4 Å². The Morgan fingerprint density at radius 3 is 1.50 bits per heavy atom. The lowest BCUT2D eigenvalue weighted by atomic mass is 10.2. The Morgan fingerprint density at radius 2 is 1.05 bits per heavy atom. The van der Waals surface area contributed by atoms with Gasteiger partial charge in [-0.15, -0.1) is 0 Å². The summed E-state index contributed by atoms with van der Waals surface area (Å²) >= 11 is 0. The standard InChI is InChI=1S/C13H7F5O2/c1-19-6-2-4-7(5-3-6)20-13-11(17)9(15)8(14)10(16)12(13)18/h2-5H,1H3. The van der Waals surface area contributed by atoms with Crippen LogP contribution in [0.15, 0.2) is 24.3 Å². The van der Waals surface area contributed by atoms with Gasteiger partial charge in [0.05, 0.1) is 7.11 Å². The highest BCUT2D eigenvalue weighted by Crippen LogP contribution is 2.33. The van der Waals surface area contributed by atoms with E-state index < -0.39 is 34.8 Å². The van der Waals surface area contributed by atoms with E-state index >= 15 is 0 Å². The molecule has 0 aliphatic carbocycles. The third-order valence-corrected chi connectivity index (χ3v) is 2.45. The van der Waals surface area contributed by atoms with Gasteiger partial charge in [-0.1, -0.05) is 0 Å². The minimum absolute atomic E-state index is 0.103. The van der Waals surface area contributed by atoms with Crippen LogP contribution in [-0.2, 0) is 0 Å². The summed E-state index contributed by atoms with van der Waals surface area (Å²) in [5.41, 5.74) is 0. The Morgan fingerprint density at radius 1 is 0.650 bits per heavy atom. The maximum Gasteiger partial charge on any atom is 0.207 e. The molecule has 106 valence electrons. The number of halogens is 5. The van der Waals surface area contributed by atoms with Crippen LogP contribution in [0.5, 0.6) is 17.2 Å². The van der Waals surface area contributed by atoms with Crippen molar-refractivity contribution in [3.63, 3.8) is 0 Å². The third kappa shape index (κ3) is 2.38. The van der Waals surface area contributed by atoms with E-state index in [4.69, 9.17) is 9.47 Å². The van der Waals surface area contributed by atoms with Gasteiger partial charge < -0.3 is 9.47 Å². The molecule has 7 heteroatoms. The first kappa shape index (κ1) is 14.1. The molecule has 2 aromatic carbocycles. The van der Waals surface area contributed by atoms with Crippen molar-refractivity contribution in [2.45, 2.75) is 0 Å². The molecule has 0 fully saturated rings. The number of hydrogen-bond donors (Lipinski definition) is 0. The van der Waals surface area contributed by atoms with Crippen LogP contribution in [0.25, 0.3) is 0 Å². The quantitative estimate of drug-likeness (QED) is 0.479. The van der Waals surface area contributed by atoms with E-state index in [0.717, 1.165) is 0 Å². The van der Waals surface area contributed by atoms with E-state index in [-0.39, 0.29) is 5.75 Å². The van der Waals surface area contributed by atoms with Crippen LogP contribution in [0.3, 0.4) is 0 Å². The molecule has 0 aliphatic heterocycles. The summed E-state index contributed by atoms with van der Waals surface area (Å²) in [6, 6.07) is 5.33. The average Bonchev–Trinajstić information content (AvgIpc) is 2.48. The van der Waals surface area contributed by atoms with Crippen LogP contribution >= 0.6 is 0 Å². The molecule has 2 rings (SSSR count). The van der Waals surface area contributed by atoms with Crippen molar-refractivity contribution < 1.29 is 31.4 Å². The first-order valence-corrected chi connectivity index (χ1v) is 5.29. The van der Waals surface area contributed by atoms with Gasteiger partial charge in [0.1, 0.15) is 11.5 Å². The minimum atomic E-state index is -2.23. The zero-order valence-electron chi connectivity index (χ0n) is 10.0. The topological polar surface area (TPSA) is 18.5 Å². The van der Waals surface area contributed by atoms with Crippen molar-refractivity contribution in [2.75, 3.05) is 7.11 Å². The molecule has 0 heterocycles. The van der Waals surface area contributed by atoms with Gasteiger partial charge in [-0.3, -0.25) is 0 Å². The fourth-order valence-corrected chi connectivity index (χ4v) is 1.44. The van der Waals surface area contributed by atoms with E-state index in [2.05, 4.69) is 0 Å². The number of hydrogen-bond acceptors (Lipinski definition) is 2. The molecule has 2 aromatic rings. The molecular weight excluding hydrogens is 283 g/mol. The highest BCUT2D eigenvalue weighted by atomic mass is 19.2. The molecule has 2 nitrogen and oxygen atoms in total. The summed E-state index contributed by atoms with van der Waals surface area (Å²) in [7, 11) is 1.40. The highest BCUT2D eigenvalue weighted by molar-refractivity contribution is 5.37. The molecule has 20 heavy (non-hydrogen) atoms. The van der Waals surface area contributed by atoms with Gasteiger partial charge in [0.15, 0.2) is 0 Å². The molecule has 0 saturated carbocycles. The van der Waals surface area contributed by atoms with E-state index in [1.165, 1.54) is 31.4 Å². The lowest BCUT2D eigenvalue weighted by Gasteiger charge is -2.10. The smallest absolute Gasteiger partial charge is 0.207 e. The second kappa shape index (κ2) is 5.36. The van der Waals surface area contributed by atoms with Gasteiger partial charge in [0.25, 0.3) is 0 Å². The molecule has 0 unspecified atom stereocenters. The van der Waals surface area contributed by atoms with Crippen LogP contribution in [0.4, 0.5) is 22.0 Å². The summed E-state index contributed by atoms with van der Waals surface area (Å²) in [5.74, 6) is -11.4. The summed E-state index contributed by atoms with van der Waals surface area (Å²) in [4.78, 5) is 0. The lowest BCUT2D eigenvalue weighted by Crippen LogP contribution is -2.04. The number of benzene rings is 2. The Hall–Kier alpha value is -2.31. The molecule has 0 aromatic heterocycles. The second-order valence-electron chi connectivity index (χ2n) is 3.68. The van der Waals surface area contributed by atoms with Crippen molar-refractivity contribution in [3.8, 4) is 17.2 Å². The van der Waals surface area contributed by atoms with Gasteiger partial charge >= 0.3 is 0 Å². The zero-order valence-corrected chi connectivity index (χ0v) is 10.0. The largest absolute Gasteiger partial charge is 0.497 e. The van der Waals surface area contributed by atoms with E-state index in [0.29, 0.717) is 5.75 Å². The van der Waals surface area contributed by atoms with Crippen molar-refractivity contribution in [2.24, 2.45) is 0 Å². The van der Waals surface area contributed by atoms with Gasteiger partial charge in [0.2, 0.25) is 34.8 Å². The van der Waals surface area contributed by atoms with Gasteiger partial charge in [-0.2, -0.15) is 8.78 Å². The molecule has 0 N–H and O–H groups in total. The normalized spacial score (nSPS) is 10.5. The Bertz CT molecular complexity index is 611. The molecule has 0 bridgehead atoms. The molecule has 0 aliphatic rings. The van der Waals surface area contributed by atoms with E-state index in [1.807, 2.05) is 0 Å². The minimum Gasteiger partial charge on any atom is -0.497 e. The van der Waals surface area contributed by atoms with Crippen molar-refractivity contribution >= 4 is 0 Å². The Kier molecular flexibility index (Phi) is 3.78. The average molecular weight is 290 g/mol. The molecule has 0 atom stereocenters. The predicted octanol–water partition coefficient (Wildman–Crippen LogP) is 4.18. The van der Waals surface area contributed by atoms with E-state index in [1.54, 1.807) is 0 Å². The fraction of sp³-hybridized carbons (Fsp3) is 0.0769. The van der Waals surface area contributed by atoms with Crippen LogP contribution in [0.1, 0.15) is 0 Å². The lowest BCUT2D eigenvalue weighted by molar-refractivity contribution is 0.332. The maximum atomic E-state index is 13.4. The predicted molar refractivity (Wildman–Crippen MR) is 59.3 cm³/mol. The SMILES string of the molecule is COc1ccc(Oc2c(F)c(F)c(F)c(F)c2F)cc1. The third-order valence-electron chi connectivity index (χ3n) is 2.45. The monoisotopic (exact) mass is 290 g/mol. The second-order valence-corrected chi connectivity index (χ2v) is 3.68. The number of methoxy groups -OCH3 is 1. The van der Waals surface area contributed by atoms with Crippen LogP contribution in [0.2, 0.25) is 0 Å². The molecule has 0 spiro atoms. The van der Waals surface area contributed by atoms with Gasteiger partial charge in [-0.25, -0.2) is 13.2 Å². The highest BCUT2D eigenvalue weighted by Gasteiger charge is 2.27. The van der Waals surface area contributed by atoms with Crippen LogP contribution < -0.4 is 9.47 Å². The fourth-order valence-electron chi connectivity index (χ4n) is 1.44. The molecule has 0 radical (unpaired) electrons. The number of rotatable bonds is 3. The van der Waals surface area contributed by atoms with Gasteiger partial charge in [0, 0.05) is 0 Å². The summed E-state index contributed by atoms with van der Waals surface area (Å²) < 4.78 is 75.0. The Balaban J connectivity index is 2.42. The van der Waals surface area contributed by atoms with Crippen LogP contribution in [0, 0.1) is 29.1 Å². The van der Waals surface area contributed by atoms with E-state index in [9.17, 15) is 22.0 Å². The van der Waals surface area contributed by atoms with Crippen molar-refractivity contribution in [1.82, 2.24) is 0 Å².